The van der Waals surface area contributed by atoms with E-state index in [0.717, 1.165) is 39.4 Å². The van der Waals surface area contributed by atoms with Gasteiger partial charge in [-0.2, -0.15) is 18.3 Å². The molecule has 3 rings (SSSR count). The summed E-state index contributed by atoms with van der Waals surface area (Å²) in [6, 6.07) is 12.1. The van der Waals surface area contributed by atoms with E-state index in [1.54, 1.807) is 6.21 Å². The number of benzene rings is 1. The second-order valence-electron chi connectivity index (χ2n) is 5.94. The molecule has 2 aromatic heterocycles. The molecular formula is C19H16BrF3N4. The molecule has 0 fully saturated rings. The van der Waals surface area contributed by atoms with Gasteiger partial charge in [-0.1, -0.05) is 22.0 Å². The summed E-state index contributed by atoms with van der Waals surface area (Å²) in [7, 11) is 0. The van der Waals surface area contributed by atoms with Gasteiger partial charge in [0.15, 0.2) is 0 Å². The van der Waals surface area contributed by atoms with Crippen molar-refractivity contribution in [1.82, 2.24) is 9.55 Å². The van der Waals surface area contributed by atoms with Gasteiger partial charge >= 0.3 is 6.18 Å². The fourth-order valence-corrected chi connectivity index (χ4v) is 3.11. The Morgan fingerprint density at radius 2 is 1.93 bits per heavy atom. The molecule has 8 heteroatoms. The molecule has 140 valence electrons. The molecule has 0 saturated carbocycles. The first-order valence-electron chi connectivity index (χ1n) is 8.03. The lowest BCUT2D eigenvalue weighted by Crippen LogP contribution is -2.05. The highest BCUT2D eigenvalue weighted by molar-refractivity contribution is 9.10. The summed E-state index contributed by atoms with van der Waals surface area (Å²) < 4.78 is 40.7. The fourth-order valence-electron chi connectivity index (χ4n) is 2.73. The van der Waals surface area contributed by atoms with E-state index >= 15 is 0 Å². The first-order valence-corrected chi connectivity index (χ1v) is 8.82. The number of nitrogens with zero attached hydrogens (tertiary/aromatic N) is 3. The Balaban J connectivity index is 1.77. The van der Waals surface area contributed by atoms with Crippen molar-refractivity contribution >= 4 is 28.0 Å². The van der Waals surface area contributed by atoms with Crippen molar-refractivity contribution in [2.75, 3.05) is 5.43 Å². The third-order valence-corrected chi connectivity index (χ3v) is 4.50. The van der Waals surface area contributed by atoms with Crippen LogP contribution in [0.5, 0.6) is 0 Å². The molecule has 0 radical (unpaired) electrons. The molecule has 0 unspecified atom stereocenters. The van der Waals surface area contributed by atoms with Crippen LogP contribution in [0, 0.1) is 13.8 Å². The molecule has 0 bridgehead atoms. The SMILES string of the molecule is Cc1cc(/C=N\Nc2ccc(C(F)(F)F)cn2)c(C)n1-c1cccc(Br)c1. The molecule has 0 amide bonds. The zero-order valence-electron chi connectivity index (χ0n) is 14.5. The number of anilines is 1. The standard InChI is InChI=1S/C19H16BrF3N4/c1-12-8-14(13(2)27(12)17-5-3-4-16(20)9-17)10-25-26-18-7-6-15(11-24-18)19(21,22)23/h3-11H,1-2H3,(H,24,26)/b25-10-. The number of rotatable bonds is 4. The first-order chi connectivity index (χ1) is 12.8. The Hall–Kier alpha value is -2.61. The fraction of sp³-hybridized carbons (Fsp3) is 0.158. The number of nitrogens with one attached hydrogen (secondary N) is 1. The molecule has 0 saturated heterocycles. The highest BCUT2D eigenvalue weighted by Gasteiger charge is 2.30. The topological polar surface area (TPSA) is 42.2 Å². The Labute approximate surface area is 162 Å². The van der Waals surface area contributed by atoms with Gasteiger partial charge in [0.1, 0.15) is 5.82 Å². The van der Waals surface area contributed by atoms with Gasteiger partial charge in [-0.3, -0.25) is 5.43 Å². The average Bonchev–Trinajstić information content (AvgIpc) is 2.88. The van der Waals surface area contributed by atoms with E-state index in [2.05, 4.69) is 36.0 Å². The van der Waals surface area contributed by atoms with Gasteiger partial charge in [-0.05, 0) is 50.2 Å². The normalized spacial score (nSPS) is 11.9. The average molecular weight is 437 g/mol. The molecule has 2 heterocycles. The lowest BCUT2D eigenvalue weighted by atomic mass is 10.2. The van der Waals surface area contributed by atoms with Crippen LogP contribution in [-0.4, -0.2) is 15.8 Å². The van der Waals surface area contributed by atoms with Gasteiger partial charge in [-0.25, -0.2) is 4.98 Å². The first kappa shape index (κ1) is 19.2. The van der Waals surface area contributed by atoms with Gasteiger partial charge in [0.25, 0.3) is 0 Å². The lowest BCUT2D eigenvalue weighted by Gasteiger charge is -2.09. The lowest BCUT2D eigenvalue weighted by molar-refractivity contribution is -0.137. The van der Waals surface area contributed by atoms with Crippen LogP contribution in [0.25, 0.3) is 5.69 Å². The van der Waals surface area contributed by atoms with Crippen molar-refractivity contribution in [3.63, 3.8) is 0 Å². The number of pyridine rings is 1. The van der Waals surface area contributed by atoms with Crippen LogP contribution in [0.3, 0.4) is 0 Å². The largest absolute Gasteiger partial charge is 0.417 e. The summed E-state index contributed by atoms with van der Waals surface area (Å²) in [6.45, 7) is 3.97. The zero-order chi connectivity index (χ0) is 19.6. The number of aromatic nitrogens is 2. The van der Waals surface area contributed by atoms with Gasteiger partial charge in [-0.15, -0.1) is 0 Å². The maximum absolute atomic E-state index is 12.5. The molecular weight excluding hydrogens is 421 g/mol. The Morgan fingerprint density at radius 1 is 1.15 bits per heavy atom. The summed E-state index contributed by atoms with van der Waals surface area (Å²) in [4.78, 5) is 3.72. The van der Waals surface area contributed by atoms with Gasteiger partial charge in [0, 0.05) is 33.3 Å². The van der Waals surface area contributed by atoms with Crippen molar-refractivity contribution < 1.29 is 13.2 Å². The van der Waals surface area contributed by atoms with Crippen molar-refractivity contribution in [3.05, 3.63) is 75.6 Å². The quantitative estimate of drug-likeness (QED) is 0.419. The summed E-state index contributed by atoms with van der Waals surface area (Å²) in [5.41, 5.74) is 5.81. The minimum Gasteiger partial charge on any atom is -0.318 e. The second-order valence-corrected chi connectivity index (χ2v) is 6.86. The smallest absolute Gasteiger partial charge is 0.318 e. The van der Waals surface area contributed by atoms with E-state index in [1.807, 2.05) is 44.2 Å². The third-order valence-electron chi connectivity index (χ3n) is 4.01. The van der Waals surface area contributed by atoms with Crippen molar-refractivity contribution in [1.29, 1.82) is 0 Å². The zero-order valence-corrected chi connectivity index (χ0v) is 16.1. The molecule has 1 aromatic carbocycles. The summed E-state index contributed by atoms with van der Waals surface area (Å²) in [5.74, 6) is 0.236. The second kappa shape index (κ2) is 7.56. The molecule has 0 aliphatic heterocycles. The molecule has 0 spiro atoms. The minimum atomic E-state index is -4.40. The maximum Gasteiger partial charge on any atom is 0.417 e. The van der Waals surface area contributed by atoms with E-state index in [-0.39, 0.29) is 5.82 Å². The summed E-state index contributed by atoms with van der Waals surface area (Å²) >= 11 is 3.47. The van der Waals surface area contributed by atoms with Crippen LogP contribution >= 0.6 is 15.9 Å². The molecule has 4 nitrogen and oxygen atoms in total. The Morgan fingerprint density at radius 3 is 2.56 bits per heavy atom. The third kappa shape index (κ3) is 4.39. The molecule has 3 aromatic rings. The van der Waals surface area contributed by atoms with E-state index in [9.17, 15) is 13.2 Å². The Bertz CT molecular complexity index is 976. The highest BCUT2D eigenvalue weighted by atomic mass is 79.9. The van der Waals surface area contributed by atoms with Crippen LogP contribution in [0.2, 0.25) is 0 Å². The predicted molar refractivity (Wildman–Crippen MR) is 103 cm³/mol. The minimum absolute atomic E-state index is 0.236. The van der Waals surface area contributed by atoms with E-state index in [4.69, 9.17) is 0 Å². The van der Waals surface area contributed by atoms with Crippen molar-refractivity contribution in [3.8, 4) is 5.69 Å². The van der Waals surface area contributed by atoms with Crippen molar-refractivity contribution in [2.24, 2.45) is 5.10 Å². The number of aryl methyl sites for hydroxylation is 1. The van der Waals surface area contributed by atoms with E-state index < -0.39 is 11.7 Å². The van der Waals surface area contributed by atoms with E-state index in [0.29, 0.717) is 0 Å². The highest BCUT2D eigenvalue weighted by Crippen LogP contribution is 2.28. The van der Waals surface area contributed by atoms with E-state index in [1.165, 1.54) is 6.07 Å². The van der Waals surface area contributed by atoms with Crippen LogP contribution < -0.4 is 5.43 Å². The number of halogens is 4. The summed E-state index contributed by atoms with van der Waals surface area (Å²) in [6.07, 6.45) is -2.01. The van der Waals surface area contributed by atoms with Crippen LogP contribution in [0.15, 0.2) is 58.2 Å². The number of hydrogen-bond acceptors (Lipinski definition) is 3. The molecule has 0 atom stereocenters. The maximum atomic E-state index is 12.5. The van der Waals surface area contributed by atoms with Gasteiger partial charge in [0.05, 0.1) is 11.8 Å². The molecule has 0 aliphatic carbocycles. The van der Waals surface area contributed by atoms with Gasteiger partial charge < -0.3 is 4.57 Å². The summed E-state index contributed by atoms with van der Waals surface area (Å²) in [5, 5.41) is 4.09. The van der Waals surface area contributed by atoms with Crippen molar-refractivity contribution in [2.45, 2.75) is 20.0 Å². The number of hydrogen-bond donors (Lipinski definition) is 1. The van der Waals surface area contributed by atoms with Crippen LogP contribution in [0.4, 0.5) is 19.0 Å². The molecule has 27 heavy (non-hydrogen) atoms. The predicted octanol–water partition coefficient (Wildman–Crippen LogP) is 5.72. The Kier molecular flexibility index (Phi) is 5.36. The van der Waals surface area contributed by atoms with Crippen LogP contribution in [0.1, 0.15) is 22.5 Å². The number of alkyl halides is 3. The van der Waals surface area contributed by atoms with Gasteiger partial charge in [0.2, 0.25) is 0 Å². The number of hydrazone groups is 1. The molecule has 1 N–H and O–H groups in total. The molecule has 0 aliphatic rings. The van der Waals surface area contributed by atoms with Crippen LogP contribution in [-0.2, 0) is 6.18 Å². The monoisotopic (exact) mass is 436 g/mol.